The first kappa shape index (κ1) is 13.2. The molecule has 1 aromatic rings. The maximum atomic E-state index is 11.7. The molecule has 4 nitrogen and oxygen atoms in total. The third-order valence-electron chi connectivity index (χ3n) is 2.93. The molecule has 0 aliphatic carbocycles. The zero-order valence-electron chi connectivity index (χ0n) is 10.3. The number of nitrogens with one attached hydrogen (secondary N) is 2. The van der Waals surface area contributed by atoms with Gasteiger partial charge in [0.25, 0.3) is 0 Å². The lowest BCUT2D eigenvalue weighted by atomic mass is 10.0. The third-order valence-corrected chi connectivity index (χ3v) is 3.17. The topological polar surface area (TPSA) is 50.4 Å². The van der Waals surface area contributed by atoms with E-state index in [4.69, 9.17) is 16.3 Å². The van der Waals surface area contributed by atoms with E-state index < -0.39 is 0 Å². The second-order valence-corrected chi connectivity index (χ2v) is 4.69. The van der Waals surface area contributed by atoms with Crippen LogP contribution < -0.4 is 15.4 Å². The van der Waals surface area contributed by atoms with Gasteiger partial charge in [0.2, 0.25) is 5.91 Å². The molecule has 1 aliphatic rings. The number of halogens is 1. The molecule has 0 saturated carbocycles. The molecule has 98 valence electrons. The van der Waals surface area contributed by atoms with Crippen LogP contribution in [0.5, 0.6) is 5.75 Å². The van der Waals surface area contributed by atoms with Crippen molar-refractivity contribution in [1.29, 1.82) is 0 Å². The number of benzene rings is 1. The van der Waals surface area contributed by atoms with Crippen LogP contribution in [0.3, 0.4) is 0 Å². The van der Waals surface area contributed by atoms with E-state index in [1.165, 1.54) is 0 Å². The molecule has 1 saturated heterocycles. The number of rotatable bonds is 5. The second kappa shape index (κ2) is 6.07. The molecular formula is C13H17ClN2O2. The highest BCUT2D eigenvalue weighted by Gasteiger charge is 2.24. The van der Waals surface area contributed by atoms with Gasteiger partial charge in [-0.15, -0.1) is 0 Å². The van der Waals surface area contributed by atoms with Crippen molar-refractivity contribution in [3.63, 3.8) is 0 Å². The molecule has 0 spiro atoms. The average Bonchev–Trinajstić information content (AvgIpc) is 2.26. The van der Waals surface area contributed by atoms with Crippen molar-refractivity contribution < 1.29 is 9.53 Å². The smallest absolute Gasteiger partial charge is 0.225 e. The largest absolute Gasteiger partial charge is 0.493 e. The second-order valence-electron chi connectivity index (χ2n) is 4.26. The Labute approximate surface area is 112 Å². The molecule has 18 heavy (non-hydrogen) atoms. The van der Waals surface area contributed by atoms with Gasteiger partial charge in [-0.05, 0) is 19.1 Å². The van der Waals surface area contributed by atoms with Crippen LogP contribution in [0.2, 0.25) is 5.02 Å². The quantitative estimate of drug-likeness (QED) is 0.852. The van der Waals surface area contributed by atoms with Crippen LogP contribution >= 0.6 is 11.6 Å². The summed E-state index contributed by atoms with van der Waals surface area (Å²) in [6.45, 7) is 4.51. The summed E-state index contributed by atoms with van der Waals surface area (Å²) in [5.74, 6) is 0.927. The molecule has 1 aromatic carbocycles. The van der Waals surface area contributed by atoms with Gasteiger partial charge in [-0.1, -0.05) is 17.7 Å². The van der Waals surface area contributed by atoms with Gasteiger partial charge < -0.3 is 15.4 Å². The molecule has 1 heterocycles. The van der Waals surface area contributed by atoms with Crippen LogP contribution in [0.25, 0.3) is 0 Å². The lowest BCUT2D eigenvalue weighted by Crippen LogP contribution is -2.50. The normalized spacial score (nSPS) is 15.0. The maximum absolute atomic E-state index is 11.7. The van der Waals surface area contributed by atoms with Gasteiger partial charge in [0.1, 0.15) is 5.75 Å². The minimum absolute atomic E-state index is 0.0890. The Bertz CT molecular complexity index is 433. The van der Waals surface area contributed by atoms with Crippen LogP contribution in [0.15, 0.2) is 18.2 Å². The Hall–Kier alpha value is -1.26. The summed E-state index contributed by atoms with van der Waals surface area (Å²) in [4.78, 5) is 11.7. The number of hydrogen-bond acceptors (Lipinski definition) is 3. The van der Waals surface area contributed by atoms with Crippen LogP contribution in [0, 0.1) is 5.92 Å². The van der Waals surface area contributed by atoms with E-state index in [2.05, 4.69) is 10.6 Å². The number of ether oxygens (including phenoxy) is 1. The van der Waals surface area contributed by atoms with Gasteiger partial charge in [-0.3, -0.25) is 4.79 Å². The van der Waals surface area contributed by atoms with Gasteiger partial charge in [0.15, 0.2) is 0 Å². The van der Waals surface area contributed by atoms with Crippen molar-refractivity contribution in [3.05, 3.63) is 28.8 Å². The standard InChI is InChI=1S/C13H17ClN2O2/c1-2-18-12-5-11(14)4-3-9(12)8-16-13(17)10-6-15-7-10/h3-5,10,15H,2,6-8H2,1H3,(H,16,17). The predicted molar refractivity (Wildman–Crippen MR) is 70.8 cm³/mol. The lowest BCUT2D eigenvalue weighted by Gasteiger charge is -2.25. The van der Waals surface area contributed by atoms with Crippen molar-refractivity contribution in [2.75, 3.05) is 19.7 Å². The zero-order chi connectivity index (χ0) is 13.0. The van der Waals surface area contributed by atoms with Gasteiger partial charge in [0.05, 0.1) is 12.5 Å². The molecule has 1 fully saturated rings. The molecular weight excluding hydrogens is 252 g/mol. The number of carbonyl (C=O) groups excluding carboxylic acids is 1. The SMILES string of the molecule is CCOc1cc(Cl)ccc1CNC(=O)C1CNC1. The van der Waals surface area contributed by atoms with E-state index in [1.807, 2.05) is 13.0 Å². The Morgan fingerprint density at radius 1 is 1.56 bits per heavy atom. The van der Waals surface area contributed by atoms with Crippen molar-refractivity contribution in [2.24, 2.45) is 5.92 Å². The molecule has 2 N–H and O–H groups in total. The van der Waals surface area contributed by atoms with Crippen LogP contribution in [0.4, 0.5) is 0 Å². The van der Waals surface area contributed by atoms with Crippen molar-refractivity contribution in [2.45, 2.75) is 13.5 Å². The van der Waals surface area contributed by atoms with Crippen LogP contribution in [-0.4, -0.2) is 25.6 Å². The Morgan fingerprint density at radius 3 is 2.94 bits per heavy atom. The maximum Gasteiger partial charge on any atom is 0.225 e. The first-order valence-corrected chi connectivity index (χ1v) is 6.48. The number of amides is 1. The van der Waals surface area contributed by atoms with Gasteiger partial charge in [-0.2, -0.15) is 0 Å². The summed E-state index contributed by atoms with van der Waals surface area (Å²) in [6, 6.07) is 5.46. The highest BCUT2D eigenvalue weighted by Crippen LogP contribution is 2.23. The molecule has 0 atom stereocenters. The molecule has 1 amide bonds. The zero-order valence-corrected chi connectivity index (χ0v) is 11.1. The van der Waals surface area contributed by atoms with Gasteiger partial charge in [0, 0.05) is 30.2 Å². The number of hydrogen-bond donors (Lipinski definition) is 2. The highest BCUT2D eigenvalue weighted by atomic mass is 35.5. The molecule has 2 rings (SSSR count). The van der Waals surface area contributed by atoms with Crippen molar-refractivity contribution in [1.82, 2.24) is 10.6 Å². The Kier molecular flexibility index (Phi) is 4.44. The minimum Gasteiger partial charge on any atom is -0.493 e. The molecule has 0 radical (unpaired) electrons. The molecule has 0 bridgehead atoms. The third kappa shape index (κ3) is 3.15. The fourth-order valence-corrected chi connectivity index (χ4v) is 1.93. The summed E-state index contributed by atoms with van der Waals surface area (Å²) in [7, 11) is 0. The first-order chi connectivity index (χ1) is 8.70. The van der Waals surface area contributed by atoms with E-state index in [1.54, 1.807) is 12.1 Å². The highest BCUT2D eigenvalue weighted by molar-refractivity contribution is 6.30. The van der Waals surface area contributed by atoms with E-state index >= 15 is 0 Å². The average molecular weight is 269 g/mol. The van der Waals surface area contributed by atoms with Crippen LogP contribution in [0.1, 0.15) is 12.5 Å². The fourth-order valence-electron chi connectivity index (χ4n) is 1.77. The van der Waals surface area contributed by atoms with E-state index in [-0.39, 0.29) is 11.8 Å². The van der Waals surface area contributed by atoms with Crippen molar-refractivity contribution in [3.8, 4) is 5.75 Å². The van der Waals surface area contributed by atoms with Crippen molar-refractivity contribution >= 4 is 17.5 Å². The molecule has 1 aliphatic heterocycles. The monoisotopic (exact) mass is 268 g/mol. The fraction of sp³-hybridized carbons (Fsp3) is 0.462. The van der Waals surface area contributed by atoms with Gasteiger partial charge >= 0.3 is 0 Å². The summed E-state index contributed by atoms with van der Waals surface area (Å²) in [5.41, 5.74) is 0.946. The summed E-state index contributed by atoms with van der Waals surface area (Å²) < 4.78 is 5.50. The summed E-state index contributed by atoms with van der Waals surface area (Å²) in [5, 5.41) is 6.63. The van der Waals surface area contributed by atoms with E-state index in [0.717, 1.165) is 24.4 Å². The molecule has 5 heteroatoms. The van der Waals surface area contributed by atoms with E-state index in [9.17, 15) is 4.79 Å². The Balaban J connectivity index is 1.96. The predicted octanol–water partition coefficient (Wildman–Crippen LogP) is 1.57. The Morgan fingerprint density at radius 2 is 2.33 bits per heavy atom. The van der Waals surface area contributed by atoms with E-state index in [0.29, 0.717) is 18.2 Å². The molecule has 0 unspecified atom stereocenters. The number of carbonyl (C=O) groups is 1. The first-order valence-electron chi connectivity index (χ1n) is 6.10. The minimum atomic E-state index is 0.0890. The summed E-state index contributed by atoms with van der Waals surface area (Å²) in [6.07, 6.45) is 0. The molecule has 0 aromatic heterocycles. The lowest BCUT2D eigenvalue weighted by molar-refractivity contribution is -0.126. The van der Waals surface area contributed by atoms with Gasteiger partial charge in [-0.25, -0.2) is 0 Å². The summed E-state index contributed by atoms with van der Waals surface area (Å²) >= 11 is 5.92. The van der Waals surface area contributed by atoms with Crippen LogP contribution in [-0.2, 0) is 11.3 Å².